The summed E-state index contributed by atoms with van der Waals surface area (Å²) in [5.41, 5.74) is 0.652. The quantitative estimate of drug-likeness (QED) is 0.0234. The molecule has 5 aromatic carbocycles. The number of fused-ring (bicyclic) bond motifs is 6. The minimum absolute atomic E-state index is 0. The molecule has 420 valence electrons. The molecule has 0 unspecified atom stereocenters. The molecule has 0 fully saturated rings. The molecule has 83 heavy (non-hydrogen) atoms. The van der Waals surface area contributed by atoms with Crippen LogP contribution in [-0.4, -0.2) is 124 Å². The third-order valence-corrected chi connectivity index (χ3v) is 18.6. The number of allylic oxidation sites excluding steroid dienone is 6. The van der Waals surface area contributed by atoms with E-state index in [1.54, 1.807) is 79.7 Å². The first kappa shape index (κ1) is 78.3. The van der Waals surface area contributed by atoms with Gasteiger partial charge in [-0.3, -0.25) is 4.79 Å². The van der Waals surface area contributed by atoms with Gasteiger partial charge in [0.2, 0.25) is 5.69 Å². The van der Waals surface area contributed by atoms with Crippen molar-refractivity contribution >= 4 is 111 Å². The molecule has 2 heterocycles. The maximum absolute atomic E-state index is 12.6. The fourth-order valence-corrected chi connectivity index (χ4v) is 14.0. The molecule has 0 saturated carbocycles. The molecule has 7 rings (SSSR count). The van der Waals surface area contributed by atoms with Gasteiger partial charge in [-0.05, 0) is 127 Å². The Bertz CT molecular complexity index is 4210. The number of aliphatic carboxylic acids is 1. The van der Waals surface area contributed by atoms with E-state index in [0.29, 0.717) is 53.9 Å². The van der Waals surface area contributed by atoms with Crippen LogP contribution in [0.5, 0.6) is 0 Å². The van der Waals surface area contributed by atoms with Crippen LogP contribution in [0.2, 0.25) is 0 Å². The molecule has 22 nitrogen and oxygen atoms in total. The molecule has 1 N–H and O–H groups in total. The number of carboxylic acid groups (broad SMARTS) is 1. The third-order valence-electron chi connectivity index (χ3n) is 13.7. The molecule has 0 aromatic heterocycles. The molecular formula is C50H49N2Na5O20S6. The van der Waals surface area contributed by atoms with Crippen molar-refractivity contribution in [3.63, 3.8) is 0 Å². The fourth-order valence-electron chi connectivity index (χ4n) is 10.4. The topological polar surface area (TPSA) is 387 Å². The number of aryl methyl sites for hydroxylation is 1. The Labute approximate surface area is 593 Å². The fraction of sp³-hybridized carbons (Fsp3) is 0.320. The van der Waals surface area contributed by atoms with E-state index in [4.69, 9.17) is 0 Å². The van der Waals surface area contributed by atoms with Gasteiger partial charge in [0.1, 0.15) is 47.0 Å². The number of anilines is 1. The summed E-state index contributed by atoms with van der Waals surface area (Å²) in [7, 11) is -31.1. The van der Waals surface area contributed by atoms with Gasteiger partial charge in [-0.25, -0.2) is 50.5 Å². The molecular weight excluding hydrogens is 1260 g/mol. The van der Waals surface area contributed by atoms with Crippen molar-refractivity contribution in [2.24, 2.45) is 0 Å². The minimum Gasteiger partial charge on any atom is -0.748 e. The number of carbonyl (C=O) groups is 1. The monoisotopic (exact) mass is 1300 g/mol. The van der Waals surface area contributed by atoms with E-state index in [2.05, 4.69) is 0 Å². The summed E-state index contributed by atoms with van der Waals surface area (Å²) in [5.74, 6) is -2.64. The van der Waals surface area contributed by atoms with Gasteiger partial charge in [-0.15, -0.1) is 0 Å². The average Bonchev–Trinajstić information content (AvgIpc) is 3.65. The van der Waals surface area contributed by atoms with Crippen LogP contribution in [0.15, 0.2) is 122 Å². The number of carboxylic acids is 1. The third kappa shape index (κ3) is 18.5. The Hall–Kier alpha value is -0.760. The molecule has 5 aromatic rings. The molecule has 2 aliphatic heterocycles. The molecule has 0 radical (unpaired) electrons. The van der Waals surface area contributed by atoms with Crippen molar-refractivity contribution in [2.75, 3.05) is 29.5 Å². The van der Waals surface area contributed by atoms with E-state index in [9.17, 15) is 87.7 Å². The first-order valence-electron chi connectivity index (χ1n) is 23.6. The van der Waals surface area contributed by atoms with Gasteiger partial charge < -0.3 is 37.3 Å². The zero-order chi connectivity index (χ0) is 57.9. The summed E-state index contributed by atoms with van der Waals surface area (Å²) >= 11 is 0. The van der Waals surface area contributed by atoms with Gasteiger partial charge in [-0.1, -0.05) is 50.3 Å². The Morgan fingerprint density at radius 1 is 0.590 bits per heavy atom. The van der Waals surface area contributed by atoms with Crippen molar-refractivity contribution in [1.82, 2.24) is 0 Å². The first-order chi connectivity index (χ1) is 35.8. The predicted octanol–water partition coefficient (Wildman–Crippen LogP) is -10.0. The Morgan fingerprint density at radius 2 is 1.11 bits per heavy atom. The van der Waals surface area contributed by atoms with Crippen molar-refractivity contribution in [2.45, 2.75) is 96.6 Å². The number of unbranched alkanes of at least 4 members (excludes halogenated alkanes) is 1. The van der Waals surface area contributed by atoms with E-state index >= 15 is 0 Å². The van der Waals surface area contributed by atoms with Crippen molar-refractivity contribution in [1.29, 1.82) is 0 Å². The van der Waals surface area contributed by atoms with Crippen molar-refractivity contribution in [3.05, 3.63) is 125 Å². The molecule has 0 spiro atoms. The molecule has 0 amide bonds. The van der Waals surface area contributed by atoms with Crippen molar-refractivity contribution < 1.29 is 240 Å². The molecule has 2 aliphatic rings. The van der Waals surface area contributed by atoms with Gasteiger partial charge >= 0.3 is 154 Å². The maximum atomic E-state index is 12.6. The Morgan fingerprint density at radius 3 is 1.61 bits per heavy atom. The second-order valence-corrected chi connectivity index (χ2v) is 28.2. The normalized spacial score (nSPS) is 15.7. The number of benzene rings is 5. The van der Waals surface area contributed by atoms with E-state index in [-0.39, 0.29) is 224 Å². The summed E-state index contributed by atoms with van der Waals surface area (Å²) in [6, 6.07) is 15.2. The number of nitrogens with zero attached hydrogens (tertiary/aromatic N) is 2. The SMILES string of the molecule is CC1(C)C(/C=C/C(=C/C=C2/N(CCCS(=O)(=O)[O-])c3ccc4c(S(=O)(=O)[O-])cc(S(=O)(=O)[O-])cc4c3C2(C)C)c2cccc(CCCCC(=O)O)c2)=[N+](CCCS(=O)(=O)[O-])c2ccc3c(S(=O)(=O)[O-])cc(S(=O)(=O)[O-])cc3c21.[Na+].[Na+].[Na+].[Na+].[Na+]. The van der Waals surface area contributed by atoms with E-state index in [0.717, 1.165) is 17.7 Å². The molecule has 0 aliphatic carbocycles. The predicted molar refractivity (Wildman–Crippen MR) is 278 cm³/mol. The van der Waals surface area contributed by atoms with Gasteiger partial charge in [0.05, 0.1) is 45.2 Å². The second-order valence-electron chi connectivity index (χ2n) is 19.7. The smallest absolute Gasteiger partial charge is 0.748 e. The summed E-state index contributed by atoms with van der Waals surface area (Å²) in [6.07, 6.45) is 7.11. The van der Waals surface area contributed by atoms with Crippen LogP contribution in [0.4, 0.5) is 11.4 Å². The summed E-state index contributed by atoms with van der Waals surface area (Å²) in [4.78, 5) is 8.85. The number of hydrogen-bond acceptors (Lipinski definition) is 20. The van der Waals surface area contributed by atoms with Crippen LogP contribution in [0.25, 0.3) is 27.1 Å². The number of rotatable bonds is 21. The van der Waals surface area contributed by atoms with Gasteiger partial charge in [-0.2, -0.15) is 4.58 Å². The van der Waals surface area contributed by atoms with E-state index in [1.165, 1.54) is 24.3 Å². The zero-order valence-corrected chi connectivity index (χ0v) is 61.8. The maximum Gasteiger partial charge on any atom is 1.00 e. The second kappa shape index (κ2) is 29.5. The van der Waals surface area contributed by atoms with E-state index < -0.39 is 109 Å². The first-order valence-corrected chi connectivity index (χ1v) is 32.4. The Balaban J connectivity index is 0.00000470. The average molecular weight is 1310 g/mol. The van der Waals surface area contributed by atoms with Crippen LogP contribution in [-0.2, 0) is 82.8 Å². The summed E-state index contributed by atoms with van der Waals surface area (Å²) in [5, 5.41) is 8.54. The zero-order valence-electron chi connectivity index (χ0n) is 46.9. The molecule has 33 heteroatoms. The number of hydrogen-bond donors (Lipinski definition) is 1. The van der Waals surface area contributed by atoms with Gasteiger partial charge in [0, 0.05) is 70.8 Å². The van der Waals surface area contributed by atoms with Crippen molar-refractivity contribution in [3.8, 4) is 0 Å². The summed E-state index contributed by atoms with van der Waals surface area (Å²) in [6.45, 7) is 6.25. The van der Waals surface area contributed by atoms with Gasteiger partial charge in [0.15, 0.2) is 5.71 Å². The van der Waals surface area contributed by atoms with Crippen LogP contribution in [0.3, 0.4) is 0 Å². The van der Waals surface area contributed by atoms with Crippen LogP contribution in [0.1, 0.15) is 82.1 Å². The largest absolute Gasteiger partial charge is 1.00 e. The molecule has 0 saturated heterocycles. The van der Waals surface area contributed by atoms with Crippen LogP contribution < -0.4 is 153 Å². The molecule has 0 bridgehead atoms. The molecule has 0 atom stereocenters. The standard InChI is InChI=1S/C50H54N2O20S6.5Na/c1-49(2)44(51(22-8-24-73(55,56)57)40-18-16-36-38(47(40)49)27-34(75(61,62)63)29-42(36)77(67,68)69)20-14-32(33-12-7-11-31(26-33)10-5-6-13-46(53)54)15-21-45-50(3,4)48-39-28-35(76(64,65)66)30-43(78(70,71)72)37(39)17-19-41(48)52(45)23-9-25-74(58,59)60;;;;;/h7,11-12,14-21,26-30H,5-6,8-10,13,22-25H2,1-4H3,(H6-,53,54,55,56,57,58,59,60,61,62,63,64,65,66,67,68,69,70,71,72);;;;;/q;5*+1/p-5. The van der Waals surface area contributed by atoms with E-state index in [1.807, 2.05) is 6.07 Å². The van der Waals surface area contributed by atoms with Crippen LogP contribution in [0, 0.1) is 0 Å². The Kier molecular flexibility index (Phi) is 27.8. The minimum atomic E-state index is -5.42. The van der Waals surface area contributed by atoms with Gasteiger partial charge in [0.25, 0.3) is 0 Å². The van der Waals surface area contributed by atoms with Crippen LogP contribution >= 0.6 is 0 Å². The summed E-state index contributed by atoms with van der Waals surface area (Å²) < 4.78 is 223.